The maximum atomic E-state index is 15.1. The number of aromatic hydroxyl groups is 1. The molecule has 0 saturated carbocycles. The zero-order chi connectivity index (χ0) is 27.7. The molecule has 3 aromatic rings. The first-order valence-corrected chi connectivity index (χ1v) is 14.5. The Morgan fingerprint density at radius 2 is 1.90 bits per heavy atom. The smallest absolute Gasteiger partial charge is 0.176 e. The van der Waals surface area contributed by atoms with Gasteiger partial charge in [0.2, 0.25) is 0 Å². The fourth-order valence-corrected chi connectivity index (χ4v) is 6.08. The first kappa shape index (κ1) is 27.4. The molecule has 0 bridgehead atoms. The van der Waals surface area contributed by atoms with Crippen LogP contribution in [0.4, 0.5) is 4.39 Å². The normalized spacial score (nSPS) is 20.8. The van der Waals surface area contributed by atoms with E-state index in [-0.39, 0.29) is 11.3 Å². The average Bonchev–Trinajstić information content (AvgIpc) is 3.36. The molecule has 2 heterocycles. The fraction of sp³-hybridized carbons (Fsp3) is 0.355. The molecule has 206 valence electrons. The van der Waals surface area contributed by atoms with Crippen LogP contribution in [0.2, 0.25) is 0 Å². The van der Waals surface area contributed by atoms with E-state index in [1.807, 2.05) is 36.4 Å². The standard InChI is InChI=1S/C31H34FNO5S/c1-19-14-15-33(16-19)20(2)17-37-24-10-8-22(9-11-24)31-28(25-7-5-4-6-23(25)18-39(35)36)21(3)29-27(38-31)13-12-26(34)30(29)32/h4-13,19-20,31,34H,14-18H2,1-3H3,(H,35,36)/t19-,20+,31?/m1/s1. The summed E-state index contributed by atoms with van der Waals surface area (Å²) in [5.74, 6) is 0.512. The molecule has 2 unspecified atom stereocenters. The highest BCUT2D eigenvalue weighted by atomic mass is 32.2. The number of nitrogens with zero attached hydrogens (tertiary/aromatic N) is 1. The Morgan fingerprint density at radius 3 is 2.59 bits per heavy atom. The first-order chi connectivity index (χ1) is 18.7. The Balaban J connectivity index is 1.48. The van der Waals surface area contributed by atoms with Crippen molar-refractivity contribution in [3.05, 3.63) is 88.7 Å². The van der Waals surface area contributed by atoms with Crippen LogP contribution in [0.1, 0.15) is 55.5 Å². The van der Waals surface area contributed by atoms with Gasteiger partial charge in [-0.25, -0.2) is 8.60 Å². The highest BCUT2D eigenvalue weighted by Crippen LogP contribution is 2.49. The SMILES string of the molecule is CC1=C(c2ccccc2CS(=O)O)C(c2ccc(OC[C@H](C)N3CC[C@@H](C)C3)cc2)Oc2ccc(O)c(F)c21. The second kappa shape index (κ2) is 11.5. The van der Waals surface area contributed by atoms with Crippen molar-refractivity contribution in [2.24, 2.45) is 5.92 Å². The summed E-state index contributed by atoms with van der Waals surface area (Å²) in [7, 11) is 0. The molecule has 2 N–H and O–H groups in total. The van der Waals surface area contributed by atoms with Crippen LogP contribution >= 0.6 is 0 Å². The topological polar surface area (TPSA) is 79.2 Å². The summed E-state index contributed by atoms with van der Waals surface area (Å²) in [6.45, 7) is 9.05. The molecule has 0 aliphatic carbocycles. The Bertz CT molecular complexity index is 1410. The number of ether oxygens (including phenoxy) is 2. The molecule has 0 radical (unpaired) electrons. The maximum Gasteiger partial charge on any atom is 0.176 e. The number of phenols is 1. The monoisotopic (exact) mass is 551 g/mol. The summed E-state index contributed by atoms with van der Waals surface area (Å²) in [6.07, 6.45) is 0.619. The lowest BCUT2D eigenvalue weighted by Crippen LogP contribution is -2.35. The van der Waals surface area contributed by atoms with Gasteiger partial charge in [-0.2, -0.15) is 0 Å². The van der Waals surface area contributed by atoms with Crippen molar-refractivity contribution >= 4 is 22.2 Å². The fourth-order valence-electron chi connectivity index (χ4n) is 5.56. The van der Waals surface area contributed by atoms with Gasteiger partial charge in [-0.1, -0.05) is 43.3 Å². The van der Waals surface area contributed by atoms with E-state index >= 15 is 4.39 Å². The number of benzene rings is 3. The summed E-state index contributed by atoms with van der Waals surface area (Å²) < 4.78 is 49.0. The van der Waals surface area contributed by atoms with Crippen molar-refractivity contribution in [3.63, 3.8) is 0 Å². The van der Waals surface area contributed by atoms with Crippen molar-refractivity contribution in [2.45, 2.75) is 45.1 Å². The molecule has 0 aromatic heterocycles. The Morgan fingerprint density at radius 1 is 1.15 bits per heavy atom. The number of fused-ring (bicyclic) bond motifs is 1. The Labute approximate surface area is 231 Å². The number of allylic oxidation sites excluding steroid dienone is 1. The van der Waals surface area contributed by atoms with Crippen LogP contribution < -0.4 is 9.47 Å². The van der Waals surface area contributed by atoms with E-state index in [1.54, 1.807) is 25.1 Å². The second-order valence-corrected chi connectivity index (χ2v) is 11.5. The Kier molecular flexibility index (Phi) is 8.07. The van der Waals surface area contributed by atoms with Crippen molar-refractivity contribution in [1.82, 2.24) is 4.90 Å². The maximum absolute atomic E-state index is 15.1. The van der Waals surface area contributed by atoms with Gasteiger partial charge in [0.1, 0.15) is 24.2 Å². The molecule has 2 aliphatic rings. The van der Waals surface area contributed by atoms with E-state index in [2.05, 4.69) is 18.7 Å². The third-order valence-electron chi connectivity index (χ3n) is 7.71. The van der Waals surface area contributed by atoms with Gasteiger partial charge in [0.25, 0.3) is 0 Å². The van der Waals surface area contributed by atoms with Crippen molar-refractivity contribution in [3.8, 4) is 17.2 Å². The van der Waals surface area contributed by atoms with Crippen LogP contribution in [0.5, 0.6) is 17.2 Å². The van der Waals surface area contributed by atoms with Crippen molar-refractivity contribution < 1.29 is 27.7 Å². The number of halogens is 1. The van der Waals surface area contributed by atoms with Gasteiger partial charge >= 0.3 is 0 Å². The van der Waals surface area contributed by atoms with Crippen LogP contribution in [0.3, 0.4) is 0 Å². The predicted octanol–water partition coefficient (Wildman–Crippen LogP) is 6.43. The third-order valence-corrected chi connectivity index (χ3v) is 8.27. The summed E-state index contributed by atoms with van der Waals surface area (Å²) >= 11 is -2.06. The van der Waals surface area contributed by atoms with Crippen molar-refractivity contribution in [2.75, 3.05) is 19.7 Å². The van der Waals surface area contributed by atoms with Gasteiger partial charge in [-0.05, 0) is 79.3 Å². The third kappa shape index (κ3) is 5.73. The number of hydrogen-bond donors (Lipinski definition) is 2. The molecule has 0 amide bonds. The van der Waals surface area contributed by atoms with Gasteiger partial charge in [-0.3, -0.25) is 4.90 Å². The molecule has 8 heteroatoms. The lowest BCUT2D eigenvalue weighted by Gasteiger charge is -2.32. The van der Waals surface area contributed by atoms with Gasteiger partial charge in [0.15, 0.2) is 22.6 Å². The summed E-state index contributed by atoms with van der Waals surface area (Å²) in [4.78, 5) is 2.46. The number of rotatable bonds is 8. The van der Waals surface area contributed by atoms with E-state index in [4.69, 9.17) is 9.47 Å². The number of hydrogen-bond acceptors (Lipinski definition) is 5. The lowest BCUT2D eigenvalue weighted by molar-refractivity contribution is 0.169. The lowest BCUT2D eigenvalue weighted by atomic mass is 9.84. The van der Waals surface area contributed by atoms with Gasteiger partial charge in [0.05, 0.1) is 11.3 Å². The minimum absolute atomic E-state index is 0.0736. The molecular weight excluding hydrogens is 517 g/mol. The highest BCUT2D eigenvalue weighted by molar-refractivity contribution is 7.78. The second-order valence-electron chi connectivity index (χ2n) is 10.5. The van der Waals surface area contributed by atoms with Gasteiger partial charge in [-0.15, -0.1) is 0 Å². The number of likely N-dealkylation sites (tertiary alicyclic amines) is 1. The van der Waals surface area contributed by atoms with Crippen LogP contribution in [0.25, 0.3) is 11.1 Å². The molecule has 5 rings (SSSR count). The molecule has 6 nitrogen and oxygen atoms in total. The molecule has 4 atom stereocenters. The molecule has 0 spiro atoms. The molecular formula is C31H34FNO5S. The number of phenolic OH excluding ortho intramolecular Hbond substituents is 1. The van der Waals surface area contributed by atoms with Crippen LogP contribution in [0.15, 0.2) is 60.7 Å². The minimum Gasteiger partial charge on any atom is -0.505 e. The van der Waals surface area contributed by atoms with E-state index in [1.165, 1.54) is 12.5 Å². The molecule has 3 aromatic carbocycles. The van der Waals surface area contributed by atoms with E-state index < -0.39 is 28.8 Å². The van der Waals surface area contributed by atoms with Crippen LogP contribution in [0, 0.1) is 11.7 Å². The Hall–Kier alpha value is -3.20. The molecule has 1 saturated heterocycles. The van der Waals surface area contributed by atoms with Crippen LogP contribution in [-0.2, 0) is 16.8 Å². The highest BCUT2D eigenvalue weighted by Gasteiger charge is 2.33. The molecule has 1 fully saturated rings. The van der Waals surface area contributed by atoms with E-state index in [0.717, 1.165) is 30.3 Å². The minimum atomic E-state index is -2.06. The van der Waals surface area contributed by atoms with E-state index in [0.29, 0.717) is 40.7 Å². The van der Waals surface area contributed by atoms with Crippen molar-refractivity contribution in [1.29, 1.82) is 0 Å². The predicted molar refractivity (Wildman–Crippen MR) is 152 cm³/mol. The molecule has 39 heavy (non-hydrogen) atoms. The average molecular weight is 552 g/mol. The summed E-state index contributed by atoms with van der Waals surface area (Å²) in [6, 6.07) is 18.1. The summed E-state index contributed by atoms with van der Waals surface area (Å²) in [5, 5.41) is 10.1. The van der Waals surface area contributed by atoms with Gasteiger partial charge < -0.3 is 19.1 Å². The van der Waals surface area contributed by atoms with E-state index in [9.17, 15) is 13.9 Å². The zero-order valence-corrected chi connectivity index (χ0v) is 23.2. The quantitative estimate of drug-likeness (QED) is 0.314. The molecule has 2 aliphatic heterocycles. The zero-order valence-electron chi connectivity index (χ0n) is 22.4. The van der Waals surface area contributed by atoms with Crippen LogP contribution in [-0.4, -0.2) is 44.5 Å². The summed E-state index contributed by atoms with van der Waals surface area (Å²) in [5.41, 5.74) is 3.64. The van der Waals surface area contributed by atoms with Gasteiger partial charge in [0, 0.05) is 18.2 Å². The first-order valence-electron chi connectivity index (χ1n) is 13.2. The largest absolute Gasteiger partial charge is 0.505 e.